The average Bonchev–Trinajstić information content (AvgIpc) is 3.11. The molecule has 0 aliphatic carbocycles. The van der Waals surface area contributed by atoms with Crippen LogP contribution in [0.4, 0.5) is 13.2 Å². The summed E-state index contributed by atoms with van der Waals surface area (Å²) < 4.78 is 43.2. The first kappa shape index (κ1) is 15.0. The van der Waals surface area contributed by atoms with Crippen LogP contribution < -0.4 is 0 Å². The van der Waals surface area contributed by atoms with Crippen LogP contribution in [0.2, 0.25) is 0 Å². The summed E-state index contributed by atoms with van der Waals surface area (Å²) in [5.74, 6) is -1.90. The zero-order chi connectivity index (χ0) is 16.8. The second kappa shape index (κ2) is 5.07. The summed E-state index contributed by atoms with van der Waals surface area (Å²) in [5.41, 5.74) is 0.993. The highest BCUT2D eigenvalue weighted by Gasteiger charge is 2.38. The fourth-order valence-corrected chi connectivity index (χ4v) is 1.91. The first-order chi connectivity index (χ1) is 10.8. The number of pyridine rings is 1. The Morgan fingerprint density at radius 2 is 1.96 bits per heavy atom. The lowest BCUT2D eigenvalue weighted by molar-refractivity contribution is -0.159. The number of amides is 1. The number of aromatic nitrogens is 4. The van der Waals surface area contributed by atoms with Crippen molar-refractivity contribution >= 4 is 11.6 Å². The van der Waals surface area contributed by atoms with Crippen molar-refractivity contribution in [1.29, 1.82) is 0 Å². The molecule has 0 unspecified atom stereocenters. The molecule has 7 nitrogen and oxygen atoms in total. The largest absolute Gasteiger partial charge is 0.471 e. The summed E-state index contributed by atoms with van der Waals surface area (Å²) in [6.07, 6.45) is -1.75. The van der Waals surface area contributed by atoms with Crippen LogP contribution in [-0.4, -0.2) is 44.4 Å². The Kier molecular flexibility index (Phi) is 3.31. The van der Waals surface area contributed by atoms with Crippen LogP contribution in [-0.2, 0) is 6.18 Å². The number of halogens is 3. The molecule has 3 rings (SSSR count). The zero-order valence-corrected chi connectivity index (χ0v) is 12.0. The lowest BCUT2D eigenvalue weighted by Crippen LogP contribution is -2.21. The highest BCUT2D eigenvalue weighted by Crippen LogP contribution is 2.29. The summed E-state index contributed by atoms with van der Waals surface area (Å²) in [4.78, 5) is 20.7. The number of carbonyl (C=O) groups excluding carboxylic acids is 1. The maximum absolute atomic E-state index is 12.5. The molecule has 0 aliphatic rings. The molecule has 0 radical (unpaired) electrons. The molecule has 0 N–H and O–H groups in total. The minimum absolute atomic E-state index is 0.201. The predicted octanol–water partition coefficient (Wildman–Crippen LogP) is 2.10. The van der Waals surface area contributed by atoms with Gasteiger partial charge in [0.1, 0.15) is 11.3 Å². The van der Waals surface area contributed by atoms with Gasteiger partial charge in [-0.1, -0.05) is 5.16 Å². The average molecular weight is 325 g/mol. The quantitative estimate of drug-likeness (QED) is 0.721. The van der Waals surface area contributed by atoms with E-state index in [2.05, 4.69) is 19.6 Å². The number of imidazole rings is 1. The molecule has 0 fully saturated rings. The number of hydrogen-bond acceptors (Lipinski definition) is 5. The van der Waals surface area contributed by atoms with Crippen molar-refractivity contribution in [1.82, 2.24) is 24.4 Å². The summed E-state index contributed by atoms with van der Waals surface area (Å²) in [7, 11) is 3.19. The van der Waals surface area contributed by atoms with E-state index >= 15 is 0 Å². The molecule has 3 aromatic rings. The number of nitrogens with zero attached hydrogens (tertiary/aromatic N) is 5. The molecule has 0 bridgehead atoms. The summed E-state index contributed by atoms with van der Waals surface area (Å²) in [5, 5.41) is 3.31. The van der Waals surface area contributed by atoms with Gasteiger partial charge >= 0.3 is 12.1 Å². The molecule has 0 aromatic carbocycles. The van der Waals surface area contributed by atoms with Gasteiger partial charge in [0.25, 0.3) is 5.91 Å². The maximum Gasteiger partial charge on any atom is 0.471 e. The van der Waals surface area contributed by atoms with Crippen LogP contribution in [0.3, 0.4) is 0 Å². The molecule has 23 heavy (non-hydrogen) atoms. The van der Waals surface area contributed by atoms with Crippen molar-refractivity contribution in [2.45, 2.75) is 6.18 Å². The number of fused-ring (bicyclic) bond motifs is 1. The van der Waals surface area contributed by atoms with Gasteiger partial charge in [0.15, 0.2) is 0 Å². The van der Waals surface area contributed by atoms with Gasteiger partial charge in [-0.2, -0.15) is 18.2 Å². The molecule has 0 aliphatic heterocycles. The van der Waals surface area contributed by atoms with E-state index in [-0.39, 0.29) is 17.4 Å². The van der Waals surface area contributed by atoms with Gasteiger partial charge in [-0.05, 0) is 12.1 Å². The normalized spacial score (nSPS) is 11.9. The molecule has 0 spiro atoms. The Morgan fingerprint density at radius 3 is 2.57 bits per heavy atom. The second-order valence-electron chi connectivity index (χ2n) is 4.93. The highest BCUT2D eigenvalue weighted by molar-refractivity contribution is 5.92. The van der Waals surface area contributed by atoms with Crippen LogP contribution in [0.15, 0.2) is 29.0 Å². The van der Waals surface area contributed by atoms with E-state index in [0.717, 1.165) is 0 Å². The topological polar surface area (TPSA) is 76.5 Å². The van der Waals surface area contributed by atoms with Crippen LogP contribution in [0.1, 0.15) is 16.4 Å². The minimum Gasteiger partial charge on any atom is -0.343 e. The molecule has 120 valence electrons. The van der Waals surface area contributed by atoms with E-state index in [4.69, 9.17) is 0 Å². The second-order valence-corrected chi connectivity index (χ2v) is 4.93. The van der Waals surface area contributed by atoms with Crippen LogP contribution in [0.5, 0.6) is 0 Å². The Labute approximate surface area is 127 Å². The highest BCUT2D eigenvalue weighted by atomic mass is 19.4. The zero-order valence-electron chi connectivity index (χ0n) is 12.0. The molecule has 0 saturated heterocycles. The summed E-state index contributed by atoms with van der Waals surface area (Å²) >= 11 is 0. The Bertz CT molecular complexity index is 881. The molecule has 3 heterocycles. The van der Waals surface area contributed by atoms with Crippen molar-refractivity contribution in [3.63, 3.8) is 0 Å². The number of hydrogen-bond donors (Lipinski definition) is 0. The Hall–Kier alpha value is -2.91. The fraction of sp³-hybridized carbons (Fsp3) is 0.231. The summed E-state index contributed by atoms with van der Waals surface area (Å²) in [6.45, 7) is 0. The third-order valence-corrected chi connectivity index (χ3v) is 3.00. The van der Waals surface area contributed by atoms with Crippen molar-refractivity contribution in [3.8, 4) is 11.4 Å². The van der Waals surface area contributed by atoms with Crippen molar-refractivity contribution in [2.75, 3.05) is 14.1 Å². The van der Waals surface area contributed by atoms with Crippen LogP contribution in [0, 0.1) is 0 Å². The smallest absolute Gasteiger partial charge is 0.343 e. The van der Waals surface area contributed by atoms with Crippen LogP contribution >= 0.6 is 0 Å². The van der Waals surface area contributed by atoms with Gasteiger partial charge in [0, 0.05) is 32.1 Å². The van der Waals surface area contributed by atoms with Gasteiger partial charge in [-0.15, -0.1) is 0 Å². The molecule has 0 atom stereocenters. The van der Waals surface area contributed by atoms with Gasteiger partial charge in [-0.25, -0.2) is 4.98 Å². The Balaban J connectivity index is 2.00. The molecule has 0 saturated carbocycles. The van der Waals surface area contributed by atoms with E-state index in [1.807, 2.05) is 0 Å². The van der Waals surface area contributed by atoms with Crippen LogP contribution in [0.25, 0.3) is 17.0 Å². The van der Waals surface area contributed by atoms with E-state index < -0.39 is 12.1 Å². The van der Waals surface area contributed by atoms with Crippen molar-refractivity contribution in [3.05, 3.63) is 36.1 Å². The third kappa shape index (κ3) is 2.74. The number of carbonyl (C=O) groups is 1. The van der Waals surface area contributed by atoms with Crippen molar-refractivity contribution < 1.29 is 22.5 Å². The third-order valence-electron chi connectivity index (χ3n) is 3.00. The monoisotopic (exact) mass is 325 g/mol. The van der Waals surface area contributed by atoms with Gasteiger partial charge in [0.2, 0.25) is 5.82 Å². The predicted molar refractivity (Wildman–Crippen MR) is 71.5 cm³/mol. The minimum atomic E-state index is -4.70. The van der Waals surface area contributed by atoms with Gasteiger partial charge < -0.3 is 13.8 Å². The SMILES string of the molecule is CN(C)C(=O)c1cn2cc(-c3noc(C(F)(F)F)n3)ccc2n1. The lowest BCUT2D eigenvalue weighted by atomic mass is 10.3. The molecular weight excluding hydrogens is 315 g/mol. The molecule has 3 aromatic heterocycles. The Morgan fingerprint density at radius 1 is 1.22 bits per heavy atom. The van der Waals surface area contributed by atoms with E-state index in [9.17, 15) is 18.0 Å². The van der Waals surface area contributed by atoms with E-state index in [0.29, 0.717) is 11.2 Å². The van der Waals surface area contributed by atoms with Gasteiger partial charge in [-0.3, -0.25) is 4.79 Å². The van der Waals surface area contributed by atoms with Crippen molar-refractivity contribution in [2.24, 2.45) is 0 Å². The standard InChI is InChI=1S/C13H10F3N5O2/c1-20(2)11(22)8-6-21-5-7(3-4-9(21)17-8)10-18-12(23-19-10)13(14,15)16/h3-6H,1-2H3. The number of rotatable bonds is 2. The molecule has 10 heteroatoms. The fourth-order valence-electron chi connectivity index (χ4n) is 1.91. The summed E-state index contributed by atoms with van der Waals surface area (Å²) in [6, 6.07) is 3.04. The van der Waals surface area contributed by atoms with Gasteiger partial charge in [0.05, 0.1) is 0 Å². The molecule has 1 amide bonds. The maximum atomic E-state index is 12.5. The number of alkyl halides is 3. The first-order valence-electron chi connectivity index (χ1n) is 6.37. The first-order valence-corrected chi connectivity index (χ1v) is 6.37. The van der Waals surface area contributed by atoms with E-state index in [1.54, 1.807) is 20.2 Å². The lowest BCUT2D eigenvalue weighted by Gasteiger charge is -2.06. The molecular formula is C13H10F3N5O2. The van der Waals surface area contributed by atoms with E-state index in [1.165, 1.54) is 27.8 Å².